The van der Waals surface area contributed by atoms with Gasteiger partial charge in [0.25, 0.3) is 5.56 Å². The second kappa shape index (κ2) is 7.64. The van der Waals surface area contributed by atoms with Crippen LogP contribution in [0.2, 0.25) is 0 Å². The van der Waals surface area contributed by atoms with Crippen molar-refractivity contribution in [2.24, 2.45) is 0 Å². The first-order chi connectivity index (χ1) is 13.3. The standard InChI is InChI=1S/C21H22N4O3/c1-13-8-7-9-14(2)19(13)23-18(27)12-25-17-11-6-5-10-16(17)22-20(21(25)28)24(4)15(3)26/h5-11H,12H2,1-4H3,(H,23,27). The Balaban J connectivity index is 2.04. The maximum Gasteiger partial charge on any atom is 0.294 e. The highest BCUT2D eigenvalue weighted by Crippen LogP contribution is 2.20. The number of nitrogens with zero attached hydrogens (tertiary/aromatic N) is 3. The molecule has 0 saturated heterocycles. The van der Waals surface area contributed by atoms with Crippen molar-refractivity contribution >= 4 is 34.4 Å². The first kappa shape index (κ1) is 19.3. The summed E-state index contributed by atoms with van der Waals surface area (Å²) in [5.74, 6) is -0.648. The van der Waals surface area contributed by atoms with Crippen molar-refractivity contribution < 1.29 is 9.59 Å². The van der Waals surface area contributed by atoms with Crippen LogP contribution in [0.4, 0.5) is 11.5 Å². The number of anilines is 2. The van der Waals surface area contributed by atoms with Gasteiger partial charge in [-0.25, -0.2) is 4.98 Å². The fourth-order valence-electron chi connectivity index (χ4n) is 3.04. The van der Waals surface area contributed by atoms with Crippen LogP contribution in [-0.4, -0.2) is 28.4 Å². The summed E-state index contributed by atoms with van der Waals surface area (Å²) < 4.78 is 1.35. The van der Waals surface area contributed by atoms with Crippen LogP contribution in [0.25, 0.3) is 11.0 Å². The first-order valence-electron chi connectivity index (χ1n) is 8.89. The lowest BCUT2D eigenvalue weighted by molar-refractivity contribution is -0.117. The van der Waals surface area contributed by atoms with E-state index in [9.17, 15) is 14.4 Å². The van der Waals surface area contributed by atoms with E-state index >= 15 is 0 Å². The van der Waals surface area contributed by atoms with E-state index in [1.54, 1.807) is 24.3 Å². The van der Waals surface area contributed by atoms with Gasteiger partial charge in [-0.1, -0.05) is 30.3 Å². The van der Waals surface area contributed by atoms with Crippen molar-refractivity contribution in [2.45, 2.75) is 27.3 Å². The van der Waals surface area contributed by atoms with Crippen molar-refractivity contribution in [1.82, 2.24) is 9.55 Å². The zero-order valence-electron chi connectivity index (χ0n) is 16.3. The average Bonchev–Trinajstić information content (AvgIpc) is 2.66. The topological polar surface area (TPSA) is 84.3 Å². The van der Waals surface area contributed by atoms with Gasteiger partial charge in [-0.3, -0.25) is 23.9 Å². The van der Waals surface area contributed by atoms with E-state index in [2.05, 4.69) is 10.3 Å². The number of para-hydroxylation sites is 3. The molecule has 0 atom stereocenters. The Morgan fingerprint density at radius 3 is 2.36 bits per heavy atom. The number of aromatic nitrogens is 2. The molecule has 0 unspecified atom stereocenters. The zero-order valence-corrected chi connectivity index (χ0v) is 16.3. The van der Waals surface area contributed by atoms with Crippen LogP contribution in [0.15, 0.2) is 47.3 Å². The maximum absolute atomic E-state index is 13.0. The number of amides is 2. The molecule has 2 aromatic carbocycles. The van der Waals surface area contributed by atoms with Gasteiger partial charge in [0.15, 0.2) is 0 Å². The molecule has 7 nitrogen and oxygen atoms in total. The van der Waals surface area contributed by atoms with Gasteiger partial charge in [0.2, 0.25) is 17.6 Å². The normalized spacial score (nSPS) is 10.7. The van der Waals surface area contributed by atoms with Gasteiger partial charge < -0.3 is 5.32 Å². The highest BCUT2D eigenvalue weighted by molar-refractivity contribution is 5.94. The van der Waals surface area contributed by atoms with Gasteiger partial charge in [0.05, 0.1) is 11.0 Å². The molecule has 0 fully saturated rings. The lowest BCUT2D eigenvalue weighted by Crippen LogP contribution is -2.36. The summed E-state index contributed by atoms with van der Waals surface area (Å²) in [7, 11) is 1.49. The second-order valence-electron chi connectivity index (χ2n) is 6.71. The Labute approximate surface area is 162 Å². The molecule has 28 heavy (non-hydrogen) atoms. The van der Waals surface area contributed by atoms with Crippen molar-refractivity contribution in [3.8, 4) is 0 Å². The van der Waals surface area contributed by atoms with E-state index in [4.69, 9.17) is 0 Å². The van der Waals surface area contributed by atoms with Crippen LogP contribution in [0.1, 0.15) is 18.1 Å². The summed E-state index contributed by atoms with van der Waals surface area (Å²) >= 11 is 0. The number of benzene rings is 2. The monoisotopic (exact) mass is 378 g/mol. The lowest BCUT2D eigenvalue weighted by atomic mass is 10.1. The molecule has 0 bridgehead atoms. The number of aryl methyl sites for hydroxylation is 2. The lowest BCUT2D eigenvalue weighted by Gasteiger charge is -2.18. The SMILES string of the molecule is CC(=O)N(C)c1nc2ccccc2n(CC(=O)Nc2c(C)cccc2C)c1=O. The van der Waals surface area contributed by atoms with Crippen LogP contribution in [-0.2, 0) is 16.1 Å². The molecule has 2 amide bonds. The largest absolute Gasteiger partial charge is 0.324 e. The molecule has 0 aliphatic heterocycles. The van der Waals surface area contributed by atoms with Crippen LogP contribution < -0.4 is 15.8 Å². The summed E-state index contributed by atoms with van der Waals surface area (Å²) in [6, 6.07) is 12.8. The summed E-state index contributed by atoms with van der Waals surface area (Å²) in [6.45, 7) is 5.00. The predicted octanol–water partition coefficient (Wildman–Crippen LogP) is 2.63. The third-order valence-electron chi connectivity index (χ3n) is 4.67. The minimum Gasteiger partial charge on any atom is -0.324 e. The van der Waals surface area contributed by atoms with Gasteiger partial charge in [-0.05, 0) is 37.1 Å². The Morgan fingerprint density at radius 1 is 1.07 bits per heavy atom. The molecule has 7 heteroatoms. The van der Waals surface area contributed by atoms with E-state index in [0.29, 0.717) is 11.0 Å². The van der Waals surface area contributed by atoms with Crippen molar-refractivity contribution in [3.05, 3.63) is 63.9 Å². The molecule has 0 aliphatic carbocycles. The predicted molar refractivity (Wildman–Crippen MR) is 110 cm³/mol. The van der Waals surface area contributed by atoms with Crippen molar-refractivity contribution in [2.75, 3.05) is 17.3 Å². The number of rotatable bonds is 4. The van der Waals surface area contributed by atoms with Gasteiger partial charge >= 0.3 is 0 Å². The van der Waals surface area contributed by atoms with Crippen LogP contribution in [0.5, 0.6) is 0 Å². The number of carbonyl (C=O) groups excluding carboxylic acids is 2. The minimum atomic E-state index is -0.493. The highest BCUT2D eigenvalue weighted by Gasteiger charge is 2.18. The average molecular weight is 378 g/mol. The van der Waals surface area contributed by atoms with E-state index in [-0.39, 0.29) is 24.2 Å². The Bertz CT molecular complexity index is 1110. The second-order valence-corrected chi connectivity index (χ2v) is 6.71. The minimum absolute atomic E-state index is 0.00827. The quantitative estimate of drug-likeness (QED) is 0.756. The molecule has 1 aromatic heterocycles. The van der Waals surface area contributed by atoms with E-state index in [0.717, 1.165) is 16.8 Å². The van der Waals surface area contributed by atoms with Crippen LogP contribution >= 0.6 is 0 Å². The third-order valence-corrected chi connectivity index (χ3v) is 4.67. The number of hydrogen-bond donors (Lipinski definition) is 1. The molecule has 0 saturated carbocycles. The zero-order chi connectivity index (χ0) is 20.4. The van der Waals surface area contributed by atoms with E-state index < -0.39 is 5.56 Å². The molecule has 0 aliphatic rings. The van der Waals surface area contributed by atoms with Gasteiger partial charge in [0, 0.05) is 19.7 Å². The summed E-state index contributed by atoms with van der Waals surface area (Å²) in [6.07, 6.45) is 0. The van der Waals surface area contributed by atoms with Crippen molar-refractivity contribution in [1.29, 1.82) is 0 Å². The van der Waals surface area contributed by atoms with E-state index in [1.165, 1.54) is 23.4 Å². The van der Waals surface area contributed by atoms with Crippen LogP contribution in [0, 0.1) is 13.8 Å². The Morgan fingerprint density at radius 2 is 1.71 bits per heavy atom. The third kappa shape index (κ3) is 3.64. The molecule has 3 rings (SSSR count). The van der Waals surface area contributed by atoms with Crippen molar-refractivity contribution in [3.63, 3.8) is 0 Å². The maximum atomic E-state index is 13.0. The van der Waals surface area contributed by atoms with Crippen LogP contribution in [0.3, 0.4) is 0 Å². The summed E-state index contributed by atoms with van der Waals surface area (Å²) in [5.41, 5.74) is 3.19. The van der Waals surface area contributed by atoms with Gasteiger partial charge in [-0.2, -0.15) is 0 Å². The molecular formula is C21H22N4O3. The molecule has 1 heterocycles. The Hall–Kier alpha value is -3.48. The number of fused-ring (bicyclic) bond motifs is 1. The Kier molecular flexibility index (Phi) is 5.26. The molecule has 0 spiro atoms. The van der Waals surface area contributed by atoms with E-state index in [1.807, 2.05) is 32.0 Å². The number of hydrogen-bond acceptors (Lipinski definition) is 4. The number of carbonyl (C=O) groups is 2. The highest BCUT2D eigenvalue weighted by atomic mass is 16.2. The summed E-state index contributed by atoms with van der Waals surface area (Å²) in [4.78, 5) is 42.9. The smallest absolute Gasteiger partial charge is 0.294 e. The molecule has 1 N–H and O–H groups in total. The fourth-order valence-corrected chi connectivity index (χ4v) is 3.04. The fraction of sp³-hybridized carbons (Fsp3) is 0.238. The molecule has 144 valence electrons. The number of nitrogens with one attached hydrogen (secondary N) is 1. The summed E-state index contributed by atoms with van der Waals surface area (Å²) in [5, 5.41) is 2.89. The molecule has 3 aromatic rings. The van der Waals surface area contributed by atoms with Gasteiger partial charge in [-0.15, -0.1) is 0 Å². The molecular weight excluding hydrogens is 356 g/mol. The first-order valence-corrected chi connectivity index (χ1v) is 8.89. The molecule has 0 radical (unpaired) electrons. The van der Waals surface area contributed by atoms with Gasteiger partial charge in [0.1, 0.15) is 6.54 Å².